The number of nitrogens with one attached hydrogen (secondary N) is 1. The Hall–Kier alpha value is -2.76. The molecule has 0 radical (unpaired) electrons. The first kappa shape index (κ1) is 17.6. The lowest BCUT2D eigenvalue weighted by Crippen LogP contribution is -2.25. The van der Waals surface area contributed by atoms with E-state index < -0.39 is 5.97 Å². The van der Waals surface area contributed by atoms with Crippen LogP contribution in [0.3, 0.4) is 0 Å². The van der Waals surface area contributed by atoms with Crippen LogP contribution in [0.5, 0.6) is 11.5 Å². The Labute approximate surface area is 140 Å². The second-order valence-electron chi connectivity index (χ2n) is 5.41. The fraction of sp³-hybridized carbons (Fsp3) is 0.333. The van der Waals surface area contributed by atoms with Gasteiger partial charge in [0.05, 0.1) is 19.8 Å². The molecule has 24 heavy (non-hydrogen) atoms. The van der Waals surface area contributed by atoms with Crippen LogP contribution < -0.4 is 14.8 Å². The summed E-state index contributed by atoms with van der Waals surface area (Å²) in [5.41, 5.74) is 1.59. The summed E-state index contributed by atoms with van der Waals surface area (Å²) in [6, 6.07) is 5.31. The smallest absolute Gasteiger partial charge is 0.333 e. The maximum absolute atomic E-state index is 12.0. The Bertz CT molecular complexity index is 691. The number of ether oxygens (including phenoxy) is 2. The van der Waals surface area contributed by atoms with Crippen molar-refractivity contribution in [3.05, 3.63) is 41.1 Å². The highest BCUT2D eigenvalue weighted by atomic mass is 16.5. The number of hydrogen-bond acceptors (Lipinski definition) is 4. The van der Waals surface area contributed by atoms with Crippen molar-refractivity contribution < 1.29 is 24.2 Å². The summed E-state index contributed by atoms with van der Waals surface area (Å²) in [6.07, 6.45) is 5.81. The fourth-order valence-electron chi connectivity index (χ4n) is 2.60. The quantitative estimate of drug-likeness (QED) is 0.783. The number of methoxy groups -OCH3 is 2. The second kappa shape index (κ2) is 8.19. The third-order valence-electron chi connectivity index (χ3n) is 3.83. The Morgan fingerprint density at radius 1 is 1.12 bits per heavy atom. The van der Waals surface area contributed by atoms with E-state index >= 15 is 0 Å². The zero-order valence-corrected chi connectivity index (χ0v) is 13.8. The van der Waals surface area contributed by atoms with Gasteiger partial charge in [0.1, 0.15) is 0 Å². The Balaban J connectivity index is 2.09. The predicted molar refractivity (Wildman–Crippen MR) is 89.9 cm³/mol. The minimum absolute atomic E-state index is 0.300. The van der Waals surface area contributed by atoms with Gasteiger partial charge in [0, 0.05) is 11.8 Å². The van der Waals surface area contributed by atoms with E-state index in [1.54, 1.807) is 38.5 Å². The zero-order valence-electron chi connectivity index (χ0n) is 13.8. The average Bonchev–Trinajstić information content (AvgIpc) is 2.59. The lowest BCUT2D eigenvalue weighted by molar-refractivity contribution is -0.133. The molecule has 1 aromatic carbocycles. The van der Waals surface area contributed by atoms with Gasteiger partial charge in [0.15, 0.2) is 11.5 Å². The highest BCUT2D eigenvalue weighted by Gasteiger charge is 2.19. The molecule has 1 aliphatic carbocycles. The van der Waals surface area contributed by atoms with Gasteiger partial charge in [-0.25, -0.2) is 4.79 Å². The molecule has 6 nitrogen and oxygen atoms in total. The van der Waals surface area contributed by atoms with Crippen molar-refractivity contribution in [2.24, 2.45) is 0 Å². The number of allylic oxidation sites excluding steroid dienone is 1. The van der Waals surface area contributed by atoms with E-state index in [1.165, 1.54) is 6.08 Å². The molecule has 0 fully saturated rings. The molecule has 0 saturated carbocycles. The summed E-state index contributed by atoms with van der Waals surface area (Å²) >= 11 is 0. The van der Waals surface area contributed by atoms with Crippen molar-refractivity contribution in [2.45, 2.75) is 25.7 Å². The first-order chi connectivity index (χ1) is 11.5. The van der Waals surface area contributed by atoms with Crippen molar-refractivity contribution >= 4 is 18.0 Å². The molecule has 0 heterocycles. The summed E-state index contributed by atoms with van der Waals surface area (Å²) in [4.78, 5) is 23.3. The summed E-state index contributed by atoms with van der Waals surface area (Å²) in [6.45, 7) is 0. The number of hydrogen-bond donors (Lipinski definition) is 2. The van der Waals surface area contributed by atoms with Gasteiger partial charge in [-0.05, 0) is 49.5 Å². The molecule has 2 N–H and O–H groups in total. The fourth-order valence-corrected chi connectivity index (χ4v) is 2.60. The van der Waals surface area contributed by atoms with Crippen LogP contribution in [0.2, 0.25) is 0 Å². The van der Waals surface area contributed by atoms with E-state index in [2.05, 4.69) is 5.32 Å². The number of carboxylic acids is 1. The standard InChI is InChI=1S/C18H21NO5/c1-23-15-9-7-12(11-16(15)24-2)8-10-17(20)19-14-6-4-3-5-13(14)18(21)22/h7-11H,3-6H2,1-2H3,(H,19,20)(H,21,22)/b10-8+. The highest BCUT2D eigenvalue weighted by molar-refractivity contribution is 5.95. The van der Waals surface area contributed by atoms with Gasteiger partial charge < -0.3 is 19.9 Å². The molecular weight excluding hydrogens is 310 g/mol. The number of rotatable bonds is 6. The molecule has 0 aromatic heterocycles. The van der Waals surface area contributed by atoms with Crippen LogP contribution in [0.1, 0.15) is 31.2 Å². The Kier molecular flexibility index (Phi) is 6.01. The highest BCUT2D eigenvalue weighted by Crippen LogP contribution is 2.28. The SMILES string of the molecule is COc1ccc(/C=C/C(=O)NC2=C(C(=O)O)CCCC2)cc1OC. The van der Waals surface area contributed by atoms with Crippen LogP contribution in [0.25, 0.3) is 6.08 Å². The Morgan fingerprint density at radius 3 is 2.50 bits per heavy atom. The average molecular weight is 331 g/mol. The van der Waals surface area contributed by atoms with E-state index in [1.807, 2.05) is 0 Å². The minimum Gasteiger partial charge on any atom is -0.493 e. The lowest BCUT2D eigenvalue weighted by atomic mass is 9.96. The van der Waals surface area contributed by atoms with E-state index in [-0.39, 0.29) is 5.91 Å². The summed E-state index contributed by atoms with van der Waals surface area (Å²) < 4.78 is 10.4. The number of carboxylic acid groups (broad SMARTS) is 1. The molecule has 0 atom stereocenters. The predicted octanol–water partition coefficient (Wildman–Crippen LogP) is 2.75. The normalized spacial score (nSPS) is 14.6. The van der Waals surface area contributed by atoms with Gasteiger partial charge in [0.25, 0.3) is 0 Å². The van der Waals surface area contributed by atoms with Gasteiger partial charge in [-0.15, -0.1) is 0 Å². The van der Waals surface area contributed by atoms with Gasteiger partial charge in [0.2, 0.25) is 5.91 Å². The second-order valence-corrected chi connectivity index (χ2v) is 5.41. The van der Waals surface area contributed by atoms with Gasteiger partial charge in [-0.2, -0.15) is 0 Å². The zero-order chi connectivity index (χ0) is 17.5. The summed E-state index contributed by atoms with van der Waals surface area (Å²) in [7, 11) is 3.10. The van der Waals surface area contributed by atoms with E-state index in [4.69, 9.17) is 9.47 Å². The first-order valence-corrected chi connectivity index (χ1v) is 7.71. The van der Waals surface area contributed by atoms with Gasteiger partial charge in [-0.3, -0.25) is 4.79 Å². The third kappa shape index (κ3) is 4.38. The monoisotopic (exact) mass is 331 g/mol. The maximum atomic E-state index is 12.0. The van der Waals surface area contributed by atoms with Crippen LogP contribution in [0.15, 0.2) is 35.5 Å². The summed E-state index contributed by atoms with van der Waals surface area (Å²) in [5, 5.41) is 11.9. The van der Waals surface area contributed by atoms with Gasteiger partial charge >= 0.3 is 5.97 Å². The van der Waals surface area contributed by atoms with Crippen LogP contribution in [0.4, 0.5) is 0 Å². The van der Waals surface area contributed by atoms with E-state index in [9.17, 15) is 14.7 Å². The van der Waals surface area contributed by atoms with Crippen LogP contribution in [0, 0.1) is 0 Å². The molecule has 128 valence electrons. The van der Waals surface area contributed by atoms with Crippen LogP contribution in [-0.2, 0) is 9.59 Å². The molecule has 0 saturated heterocycles. The molecule has 2 rings (SSSR count). The van der Waals surface area contributed by atoms with Gasteiger partial charge in [-0.1, -0.05) is 6.07 Å². The molecule has 1 amide bonds. The number of amides is 1. The van der Waals surface area contributed by atoms with Crippen LogP contribution >= 0.6 is 0 Å². The number of benzene rings is 1. The number of carbonyl (C=O) groups excluding carboxylic acids is 1. The molecule has 6 heteroatoms. The summed E-state index contributed by atoms with van der Waals surface area (Å²) in [5.74, 6) is -0.130. The van der Waals surface area contributed by atoms with Crippen molar-refractivity contribution in [3.63, 3.8) is 0 Å². The molecule has 1 aromatic rings. The molecular formula is C18H21NO5. The Morgan fingerprint density at radius 2 is 1.83 bits per heavy atom. The van der Waals surface area contributed by atoms with E-state index in [0.717, 1.165) is 18.4 Å². The number of carbonyl (C=O) groups is 2. The molecule has 0 unspecified atom stereocenters. The molecule has 0 spiro atoms. The van der Waals surface area contributed by atoms with Crippen molar-refractivity contribution in [2.75, 3.05) is 14.2 Å². The van der Waals surface area contributed by atoms with Crippen molar-refractivity contribution in [1.82, 2.24) is 5.32 Å². The third-order valence-corrected chi connectivity index (χ3v) is 3.83. The van der Waals surface area contributed by atoms with Crippen molar-refractivity contribution in [1.29, 1.82) is 0 Å². The van der Waals surface area contributed by atoms with Crippen LogP contribution in [-0.4, -0.2) is 31.2 Å². The molecule has 0 aliphatic heterocycles. The lowest BCUT2D eigenvalue weighted by Gasteiger charge is -2.17. The topological polar surface area (TPSA) is 84.9 Å². The largest absolute Gasteiger partial charge is 0.493 e. The van der Waals surface area contributed by atoms with E-state index in [0.29, 0.717) is 35.6 Å². The van der Waals surface area contributed by atoms with Crippen molar-refractivity contribution in [3.8, 4) is 11.5 Å². The molecule has 0 bridgehead atoms. The molecule has 1 aliphatic rings. The minimum atomic E-state index is -0.964. The maximum Gasteiger partial charge on any atom is 0.333 e. The number of aliphatic carboxylic acids is 1. The first-order valence-electron chi connectivity index (χ1n) is 7.71.